The van der Waals surface area contributed by atoms with Crippen molar-refractivity contribution in [2.75, 3.05) is 13.2 Å². The van der Waals surface area contributed by atoms with Gasteiger partial charge in [-0.25, -0.2) is 0 Å². The van der Waals surface area contributed by atoms with E-state index in [-0.39, 0.29) is 31.1 Å². The molecule has 470 valence electrons. The highest BCUT2D eigenvalue weighted by molar-refractivity contribution is 5.71. The van der Waals surface area contributed by atoms with E-state index >= 15 is 0 Å². The van der Waals surface area contributed by atoms with Crippen LogP contribution in [0.25, 0.3) is 0 Å². The Balaban J connectivity index is 4.34. The van der Waals surface area contributed by atoms with Gasteiger partial charge in [-0.05, 0) is 128 Å². The average molecular weight is 1140 g/mol. The van der Waals surface area contributed by atoms with E-state index in [1.807, 2.05) is 0 Å². The molecule has 0 saturated heterocycles. The first-order valence-corrected chi connectivity index (χ1v) is 34.9. The molecule has 0 fully saturated rings. The molecule has 0 rings (SSSR count). The zero-order valence-corrected chi connectivity index (χ0v) is 54.0. The second-order valence-electron chi connectivity index (χ2n) is 23.1. The molecule has 0 aromatic carbocycles. The van der Waals surface area contributed by atoms with E-state index in [1.54, 1.807) is 0 Å². The van der Waals surface area contributed by atoms with E-state index in [0.29, 0.717) is 19.3 Å². The van der Waals surface area contributed by atoms with E-state index in [4.69, 9.17) is 14.2 Å². The molecule has 1 unspecified atom stereocenters. The number of carbonyl (C=O) groups excluding carboxylic acids is 3. The highest BCUT2D eigenvalue weighted by Gasteiger charge is 2.19. The SMILES string of the molecule is CC/C=C\C/C=C\C/C=C\C/C=C\C/C=C\C/C=C\CCCCCCCCCCCCC(=O)OCC(COC(=O)CCCCCCCCC/C=C\C/C=C\CCCCC)OC(=O)CCCCCCCCC/C=C\CCCCCCCCC. The van der Waals surface area contributed by atoms with Gasteiger partial charge < -0.3 is 14.2 Å². The summed E-state index contributed by atoms with van der Waals surface area (Å²) in [5.41, 5.74) is 0. The van der Waals surface area contributed by atoms with Crippen molar-refractivity contribution >= 4 is 17.9 Å². The molecule has 0 saturated carbocycles. The molecule has 0 aliphatic heterocycles. The predicted octanol–water partition coefficient (Wildman–Crippen LogP) is 24.2. The lowest BCUT2D eigenvalue weighted by atomic mass is 10.1. The maximum absolute atomic E-state index is 12.9. The van der Waals surface area contributed by atoms with Crippen LogP contribution in [0.2, 0.25) is 0 Å². The third kappa shape index (κ3) is 66.9. The Morgan fingerprint density at radius 2 is 0.476 bits per heavy atom. The third-order valence-corrected chi connectivity index (χ3v) is 15.0. The summed E-state index contributed by atoms with van der Waals surface area (Å²) < 4.78 is 17.0. The van der Waals surface area contributed by atoms with Crippen LogP contribution in [0.4, 0.5) is 0 Å². The lowest BCUT2D eigenvalue weighted by Crippen LogP contribution is -2.30. The van der Waals surface area contributed by atoms with Crippen LogP contribution in [0.3, 0.4) is 0 Å². The van der Waals surface area contributed by atoms with Gasteiger partial charge >= 0.3 is 17.9 Å². The number of unbranched alkanes of at least 4 members (excludes halogenated alkanes) is 34. The number of allylic oxidation sites excluding steroid dienone is 18. The first-order chi connectivity index (χ1) is 40.5. The van der Waals surface area contributed by atoms with Crippen molar-refractivity contribution in [3.8, 4) is 0 Å². The zero-order valence-electron chi connectivity index (χ0n) is 54.0. The van der Waals surface area contributed by atoms with Crippen LogP contribution in [-0.4, -0.2) is 37.2 Å². The number of esters is 3. The maximum Gasteiger partial charge on any atom is 0.306 e. The Labute approximate surface area is 508 Å². The summed E-state index contributed by atoms with van der Waals surface area (Å²) in [6.45, 7) is 6.52. The molecular formula is C76H130O6. The monoisotopic (exact) mass is 1140 g/mol. The van der Waals surface area contributed by atoms with Gasteiger partial charge in [0.1, 0.15) is 13.2 Å². The Morgan fingerprint density at radius 3 is 0.780 bits per heavy atom. The Hall–Kier alpha value is -3.93. The lowest BCUT2D eigenvalue weighted by molar-refractivity contribution is -0.167. The molecule has 0 aliphatic carbocycles. The predicted molar refractivity (Wildman–Crippen MR) is 357 cm³/mol. The van der Waals surface area contributed by atoms with Gasteiger partial charge in [0, 0.05) is 19.3 Å². The molecule has 0 aromatic heterocycles. The average Bonchev–Trinajstić information content (AvgIpc) is 3.47. The van der Waals surface area contributed by atoms with Crippen molar-refractivity contribution in [3.05, 3.63) is 109 Å². The van der Waals surface area contributed by atoms with Crippen molar-refractivity contribution in [2.45, 2.75) is 341 Å². The first kappa shape index (κ1) is 78.1. The molecule has 0 N–H and O–H groups in total. The quantitative estimate of drug-likeness (QED) is 0.0261. The van der Waals surface area contributed by atoms with Crippen LogP contribution in [-0.2, 0) is 28.6 Å². The molecule has 1 atom stereocenters. The molecule has 0 amide bonds. The largest absolute Gasteiger partial charge is 0.462 e. The second kappa shape index (κ2) is 69.6. The fraction of sp³-hybridized carbons (Fsp3) is 0.724. The van der Waals surface area contributed by atoms with E-state index in [0.717, 1.165) is 109 Å². The second-order valence-corrected chi connectivity index (χ2v) is 23.1. The Kier molecular flexibility index (Phi) is 66.2. The number of ether oxygens (including phenoxy) is 3. The van der Waals surface area contributed by atoms with Crippen LogP contribution in [0.15, 0.2) is 109 Å². The normalized spacial score (nSPS) is 12.8. The van der Waals surface area contributed by atoms with E-state index in [2.05, 4.69) is 130 Å². The van der Waals surface area contributed by atoms with Crippen molar-refractivity contribution in [3.63, 3.8) is 0 Å². The van der Waals surface area contributed by atoms with Gasteiger partial charge in [-0.3, -0.25) is 14.4 Å². The summed E-state index contributed by atoms with van der Waals surface area (Å²) in [6, 6.07) is 0. The summed E-state index contributed by atoms with van der Waals surface area (Å²) in [4.78, 5) is 38.5. The van der Waals surface area contributed by atoms with Crippen LogP contribution in [0, 0.1) is 0 Å². The molecule has 0 spiro atoms. The van der Waals surface area contributed by atoms with Crippen LogP contribution in [0.5, 0.6) is 0 Å². The number of carbonyl (C=O) groups is 3. The van der Waals surface area contributed by atoms with Gasteiger partial charge in [0.25, 0.3) is 0 Å². The lowest BCUT2D eigenvalue weighted by Gasteiger charge is -2.18. The molecule has 0 aromatic rings. The number of hydrogen-bond acceptors (Lipinski definition) is 6. The van der Waals surface area contributed by atoms with Crippen LogP contribution < -0.4 is 0 Å². The minimum absolute atomic E-state index is 0.0838. The number of rotatable bonds is 63. The minimum Gasteiger partial charge on any atom is -0.462 e. The molecule has 0 radical (unpaired) electrons. The van der Waals surface area contributed by atoms with Gasteiger partial charge in [0.05, 0.1) is 0 Å². The van der Waals surface area contributed by atoms with Crippen LogP contribution in [0.1, 0.15) is 335 Å². The van der Waals surface area contributed by atoms with Crippen molar-refractivity contribution in [1.82, 2.24) is 0 Å². The smallest absolute Gasteiger partial charge is 0.306 e. The molecular weight excluding hydrogens is 1010 g/mol. The highest BCUT2D eigenvalue weighted by Crippen LogP contribution is 2.16. The van der Waals surface area contributed by atoms with E-state index < -0.39 is 6.10 Å². The van der Waals surface area contributed by atoms with Gasteiger partial charge in [-0.1, -0.05) is 297 Å². The third-order valence-electron chi connectivity index (χ3n) is 15.0. The van der Waals surface area contributed by atoms with E-state index in [9.17, 15) is 14.4 Å². The Morgan fingerprint density at radius 1 is 0.256 bits per heavy atom. The molecule has 0 aliphatic rings. The molecule has 6 nitrogen and oxygen atoms in total. The molecule has 0 bridgehead atoms. The molecule has 0 heterocycles. The summed E-state index contributed by atoms with van der Waals surface area (Å²) in [5.74, 6) is -0.887. The van der Waals surface area contributed by atoms with Gasteiger partial charge in [-0.15, -0.1) is 0 Å². The molecule has 82 heavy (non-hydrogen) atoms. The fourth-order valence-electron chi connectivity index (χ4n) is 9.77. The maximum atomic E-state index is 12.9. The van der Waals surface area contributed by atoms with Crippen LogP contribution >= 0.6 is 0 Å². The standard InChI is InChI=1S/C76H130O6/c1-4-7-10-13-16-19-22-25-28-31-33-34-35-36-37-38-39-40-41-42-43-46-48-51-54-57-60-63-66-69-75(78)81-72-73(71-80-74(77)68-65-62-59-56-53-50-47-44-30-27-24-21-18-15-12-9-6-3)82-76(79)70-67-64-61-58-55-52-49-45-32-29-26-23-20-17-14-11-8-5-2/h7,10,16,18-19,21,25,27-30,32-34,36-37,39-40,73H,4-6,8-9,11-15,17,20,22-24,26,31,35,38,41-72H2,1-3H3/b10-7-,19-16-,21-18-,28-25-,30-27-,32-29-,34-33-,37-36-,40-39-. The van der Waals surface area contributed by atoms with Gasteiger partial charge in [-0.2, -0.15) is 0 Å². The highest BCUT2D eigenvalue weighted by atomic mass is 16.6. The summed E-state index contributed by atoms with van der Waals surface area (Å²) in [6.07, 6.45) is 95.3. The molecule has 6 heteroatoms. The minimum atomic E-state index is -0.788. The summed E-state index contributed by atoms with van der Waals surface area (Å²) in [5, 5.41) is 0. The summed E-state index contributed by atoms with van der Waals surface area (Å²) in [7, 11) is 0. The number of hydrogen-bond donors (Lipinski definition) is 0. The van der Waals surface area contributed by atoms with Crippen molar-refractivity contribution in [2.24, 2.45) is 0 Å². The summed E-state index contributed by atoms with van der Waals surface area (Å²) >= 11 is 0. The Bertz CT molecular complexity index is 1640. The topological polar surface area (TPSA) is 78.9 Å². The zero-order chi connectivity index (χ0) is 59.2. The van der Waals surface area contributed by atoms with E-state index in [1.165, 1.54) is 186 Å². The first-order valence-electron chi connectivity index (χ1n) is 34.9. The van der Waals surface area contributed by atoms with Crippen molar-refractivity contribution in [1.29, 1.82) is 0 Å². The van der Waals surface area contributed by atoms with Gasteiger partial charge in [0.15, 0.2) is 6.10 Å². The van der Waals surface area contributed by atoms with Gasteiger partial charge in [0.2, 0.25) is 0 Å². The fourth-order valence-corrected chi connectivity index (χ4v) is 9.77. The van der Waals surface area contributed by atoms with Crippen molar-refractivity contribution < 1.29 is 28.6 Å².